The largest absolute Gasteiger partial charge is 0.504 e. The summed E-state index contributed by atoms with van der Waals surface area (Å²) in [5.41, 5.74) is 0. The van der Waals surface area contributed by atoms with Gasteiger partial charge in [-0.1, -0.05) is 24.3 Å². The molecule has 2 aromatic carbocycles. The maximum absolute atomic E-state index is 10.00. The summed E-state index contributed by atoms with van der Waals surface area (Å²) >= 11 is 0. The normalized spacial score (nSPS) is 10.8. The van der Waals surface area contributed by atoms with Gasteiger partial charge in [-0.2, -0.15) is 5.10 Å². The second kappa shape index (κ2) is 5.21. The Morgan fingerprint density at radius 3 is 2.70 bits per heavy atom. The van der Waals surface area contributed by atoms with Crippen LogP contribution in [0, 0.1) is 0 Å². The minimum absolute atomic E-state index is 0.131. The number of aromatic hydroxyl groups is 1. The molecule has 1 N–H and O–H groups in total. The lowest BCUT2D eigenvalue weighted by Crippen LogP contribution is -2.07. The van der Waals surface area contributed by atoms with Crippen molar-refractivity contribution in [3.63, 3.8) is 0 Å². The van der Waals surface area contributed by atoms with E-state index in [0.717, 1.165) is 23.1 Å². The molecule has 0 saturated heterocycles. The maximum Gasteiger partial charge on any atom is 0.164 e. The Hall–Kier alpha value is -2.56. The number of fused-ring (bicyclic) bond motifs is 1. The van der Waals surface area contributed by atoms with E-state index in [1.807, 2.05) is 37.3 Å². The fourth-order valence-corrected chi connectivity index (χ4v) is 2.13. The molecule has 0 fully saturated rings. The first-order chi connectivity index (χ1) is 9.78. The van der Waals surface area contributed by atoms with Gasteiger partial charge in [-0.25, -0.2) is 9.67 Å². The monoisotopic (exact) mass is 269 g/mol. The minimum atomic E-state index is 0.131. The van der Waals surface area contributed by atoms with Crippen molar-refractivity contribution >= 4 is 10.8 Å². The van der Waals surface area contributed by atoms with Crippen LogP contribution in [0.15, 0.2) is 42.7 Å². The molecule has 3 aromatic rings. The lowest BCUT2D eigenvalue weighted by Gasteiger charge is -2.09. The molecule has 0 radical (unpaired) electrons. The van der Waals surface area contributed by atoms with Gasteiger partial charge < -0.3 is 9.84 Å². The Morgan fingerprint density at radius 2 is 1.95 bits per heavy atom. The molecule has 5 nitrogen and oxygen atoms in total. The summed E-state index contributed by atoms with van der Waals surface area (Å²) in [6, 6.07) is 11.4. The van der Waals surface area contributed by atoms with E-state index in [4.69, 9.17) is 4.74 Å². The number of aryl methyl sites for hydroxylation is 1. The third kappa shape index (κ3) is 2.30. The van der Waals surface area contributed by atoms with Gasteiger partial charge in [0.25, 0.3) is 0 Å². The van der Waals surface area contributed by atoms with E-state index in [9.17, 15) is 5.11 Å². The van der Waals surface area contributed by atoms with E-state index in [2.05, 4.69) is 10.1 Å². The molecule has 1 aromatic heterocycles. The van der Waals surface area contributed by atoms with Crippen LogP contribution in [-0.4, -0.2) is 19.9 Å². The van der Waals surface area contributed by atoms with Gasteiger partial charge in [0.05, 0.1) is 0 Å². The number of ether oxygens (including phenoxy) is 1. The first kappa shape index (κ1) is 12.5. The number of nitrogens with zero attached hydrogens (tertiary/aromatic N) is 3. The number of phenolic OH excluding ortho intramolecular Hbond substituents is 1. The molecule has 5 heteroatoms. The number of aromatic nitrogens is 3. The predicted molar refractivity (Wildman–Crippen MR) is 75.6 cm³/mol. The van der Waals surface area contributed by atoms with Crippen LogP contribution in [0.1, 0.15) is 12.7 Å². The van der Waals surface area contributed by atoms with Crippen LogP contribution in [0.25, 0.3) is 10.8 Å². The molecule has 1 heterocycles. The summed E-state index contributed by atoms with van der Waals surface area (Å²) in [4.78, 5) is 4.14. The van der Waals surface area contributed by atoms with Crippen molar-refractivity contribution in [3.8, 4) is 11.5 Å². The van der Waals surface area contributed by atoms with Crippen molar-refractivity contribution < 1.29 is 9.84 Å². The first-order valence-corrected chi connectivity index (χ1v) is 6.49. The number of hydrogen-bond donors (Lipinski definition) is 1. The van der Waals surface area contributed by atoms with Crippen LogP contribution in [0.5, 0.6) is 11.5 Å². The fourth-order valence-electron chi connectivity index (χ4n) is 2.13. The molecule has 0 aliphatic carbocycles. The molecule has 0 bridgehead atoms. The molecular weight excluding hydrogens is 254 g/mol. The third-order valence-corrected chi connectivity index (χ3v) is 3.18. The minimum Gasteiger partial charge on any atom is -0.504 e. The SMILES string of the molecule is CCn1ncnc1COc1cc2ccccc2cc1O. The van der Waals surface area contributed by atoms with Crippen LogP contribution < -0.4 is 4.74 Å². The van der Waals surface area contributed by atoms with Crippen molar-refractivity contribution in [2.45, 2.75) is 20.1 Å². The number of hydrogen-bond acceptors (Lipinski definition) is 4. The summed E-state index contributed by atoms with van der Waals surface area (Å²) in [6.07, 6.45) is 1.50. The number of benzene rings is 2. The molecule has 3 rings (SSSR count). The van der Waals surface area contributed by atoms with Gasteiger partial charge in [0.1, 0.15) is 12.9 Å². The predicted octanol–water partition coefficient (Wildman–Crippen LogP) is 2.74. The highest BCUT2D eigenvalue weighted by molar-refractivity contribution is 5.85. The van der Waals surface area contributed by atoms with Crippen molar-refractivity contribution in [2.75, 3.05) is 0 Å². The number of rotatable bonds is 4. The fraction of sp³-hybridized carbons (Fsp3) is 0.200. The Kier molecular flexibility index (Phi) is 3.25. The molecule has 0 saturated carbocycles. The van der Waals surface area contributed by atoms with Gasteiger partial charge in [-0.15, -0.1) is 0 Å². The van der Waals surface area contributed by atoms with Gasteiger partial charge in [-0.3, -0.25) is 0 Å². The van der Waals surface area contributed by atoms with Crippen molar-refractivity contribution in [1.29, 1.82) is 0 Å². The molecule has 0 amide bonds. The van der Waals surface area contributed by atoms with Crippen molar-refractivity contribution in [3.05, 3.63) is 48.5 Å². The van der Waals surface area contributed by atoms with Crippen LogP contribution in [0.2, 0.25) is 0 Å². The first-order valence-electron chi connectivity index (χ1n) is 6.49. The summed E-state index contributed by atoms with van der Waals surface area (Å²) in [5, 5.41) is 16.1. The van der Waals surface area contributed by atoms with E-state index in [1.54, 1.807) is 10.7 Å². The van der Waals surface area contributed by atoms with Crippen molar-refractivity contribution in [2.24, 2.45) is 0 Å². The Morgan fingerprint density at radius 1 is 1.20 bits per heavy atom. The lowest BCUT2D eigenvalue weighted by molar-refractivity contribution is 0.273. The van der Waals surface area contributed by atoms with E-state index < -0.39 is 0 Å². The zero-order chi connectivity index (χ0) is 13.9. The third-order valence-electron chi connectivity index (χ3n) is 3.18. The van der Waals surface area contributed by atoms with E-state index in [-0.39, 0.29) is 12.4 Å². The topological polar surface area (TPSA) is 60.2 Å². The Labute approximate surface area is 116 Å². The summed E-state index contributed by atoms with van der Waals surface area (Å²) < 4.78 is 7.42. The highest BCUT2D eigenvalue weighted by Gasteiger charge is 2.08. The molecule has 0 atom stereocenters. The van der Waals surface area contributed by atoms with Crippen LogP contribution in [0.4, 0.5) is 0 Å². The average Bonchev–Trinajstić information content (AvgIpc) is 2.92. The molecule has 102 valence electrons. The number of phenols is 1. The molecule has 0 spiro atoms. The van der Waals surface area contributed by atoms with E-state index in [1.165, 1.54) is 6.33 Å². The second-order valence-corrected chi connectivity index (χ2v) is 4.45. The summed E-state index contributed by atoms with van der Waals surface area (Å²) in [6.45, 7) is 3.01. The Balaban J connectivity index is 1.85. The van der Waals surface area contributed by atoms with Gasteiger partial charge in [-0.05, 0) is 29.8 Å². The van der Waals surface area contributed by atoms with Gasteiger partial charge >= 0.3 is 0 Å². The van der Waals surface area contributed by atoms with E-state index in [0.29, 0.717) is 5.75 Å². The molecular formula is C15H15N3O2. The molecule has 20 heavy (non-hydrogen) atoms. The highest BCUT2D eigenvalue weighted by atomic mass is 16.5. The average molecular weight is 269 g/mol. The second-order valence-electron chi connectivity index (χ2n) is 4.45. The maximum atomic E-state index is 10.00. The van der Waals surface area contributed by atoms with E-state index >= 15 is 0 Å². The highest BCUT2D eigenvalue weighted by Crippen LogP contribution is 2.31. The van der Waals surface area contributed by atoms with Crippen LogP contribution in [-0.2, 0) is 13.2 Å². The van der Waals surface area contributed by atoms with Gasteiger partial charge in [0.2, 0.25) is 0 Å². The Bertz CT molecular complexity index is 737. The molecule has 0 aliphatic heterocycles. The smallest absolute Gasteiger partial charge is 0.164 e. The lowest BCUT2D eigenvalue weighted by atomic mass is 10.1. The van der Waals surface area contributed by atoms with Crippen LogP contribution in [0.3, 0.4) is 0 Å². The van der Waals surface area contributed by atoms with Crippen LogP contribution >= 0.6 is 0 Å². The zero-order valence-corrected chi connectivity index (χ0v) is 11.2. The molecule has 0 unspecified atom stereocenters. The standard InChI is InChI=1S/C15H15N3O2/c1-2-18-15(16-10-17-18)9-20-14-8-12-6-4-3-5-11(12)7-13(14)19/h3-8,10,19H,2,9H2,1H3. The van der Waals surface area contributed by atoms with Crippen molar-refractivity contribution in [1.82, 2.24) is 14.8 Å². The quantitative estimate of drug-likeness (QED) is 0.791. The molecule has 0 aliphatic rings. The van der Waals surface area contributed by atoms with Gasteiger partial charge in [0, 0.05) is 6.54 Å². The summed E-state index contributed by atoms with van der Waals surface area (Å²) in [7, 11) is 0. The van der Waals surface area contributed by atoms with Gasteiger partial charge in [0.15, 0.2) is 17.3 Å². The summed E-state index contributed by atoms with van der Waals surface area (Å²) in [5.74, 6) is 1.32. The zero-order valence-electron chi connectivity index (χ0n) is 11.2.